The zero-order chi connectivity index (χ0) is 18.1. The van der Waals surface area contributed by atoms with E-state index in [1.165, 1.54) is 19.6 Å². The van der Waals surface area contributed by atoms with E-state index in [1.54, 1.807) is 12.1 Å². The van der Waals surface area contributed by atoms with Crippen LogP contribution in [0.25, 0.3) is 0 Å². The van der Waals surface area contributed by atoms with Crippen LogP contribution in [0, 0.1) is 0 Å². The molecule has 136 valence electrons. The van der Waals surface area contributed by atoms with E-state index in [0.29, 0.717) is 18.0 Å². The van der Waals surface area contributed by atoms with Crippen molar-refractivity contribution in [2.24, 2.45) is 0 Å². The van der Waals surface area contributed by atoms with Gasteiger partial charge >= 0.3 is 5.97 Å². The smallest absolute Gasteiger partial charge is 0.332 e. The minimum atomic E-state index is -0.588. The van der Waals surface area contributed by atoms with Crippen molar-refractivity contribution in [1.29, 1.82) is 0 Å². The number of rotatable bonds is 7. The SMILES string of the molecule is CCOc1ccccc1N/C(=C\C(=O)OC)C(=O)NC1CCCCC1. The molecule has 0 aliphatic heterocycles. The van der Waals surface area contributed by atoms with Gasteiger partial charge in [0.1, 0.15) is 11.4 Å². The van der Waals surface area contributed by atoms with Gasteiger partial charge in [0, 0.05) is 6.04 Å². The summed E-state index contributed by atoms with van der Waals surface area (Å²) in [5.74, 6) is -0.287. The lowest BCUT2D eigenvalue weighted by molar-refractivity contribution is -0.135. The zero-order valence-electron chi connectivity index (χ0n) is 14.8. The molecular formula is C19H26N2O4. The van der Waals surface area contributed by atoms with Gasteiger partial charge in [-0.1, -0.05) is 31.4 Å². The standard InChI is InChI=1S/C19H26N2O4/c1-3-25-17-12-8-7-11-15(17)21-16(13-18(22)24-2)19(23)20-14-9-5-4-6-10-14/h7-8,11-14,21H,3-6,9-10H2,1-2H3,(H,20,23)/b16-13-. The van der Waals surface area contributed by atoms with Gasteiger partial charge in [-0.3, -0.25) is 4.79 Å². The number of hydrogen-bond acceptors (Lipinski definition) is 5. The van der Waals surface area contributed by atoms with Crippen LogP contribution in [0.2, 0.25) is 0 Å². The van der Waals surface area contributed by atoms with Crippen molar-refractivity contribution in [3.05, 3.63) is 36.0 Å². The maximum atomic E-state index is 12.6. The first-order valence-corrected chi connectivity index (χ1v) is 8.73. The maximum absolute atomic E-state index is 12.6. The van der Waals surface area contributed by atoms with E-state index in [2.05, 4.69) is 15.4 Å². The van der Waals surface area contributed by atoms with E-state index in [1.807, 2.05) is 19.1 Å². The average Bonchev–Trinajstić information content (AvgIpc) is 2.63. The molecule has 0 bridgehead atoms. The van der Waals surface area contributed by atoms with E-state index in [0.717, 1.165) is 25.7 Å². The molecule has 0 unspecified atom stereocenters. The monoisotopic (exact) mass is 346 g/mol. The van der Waals surface area contributed by atoms with E-state index >= 15 is 0 Å². The summed E-state index contributed by atoms with van der Waals surface area (Å²) in [6.07, 6.45) is 6.53. The lowest BCUT2D eigenvalue weighted by atomic mass is 9.95. The summed E-state index contributed by atoms with van der Waals surface area (Å²) in [6.45, 7) is 2.39. The molecule has 1 aromatic carbocycles. The van der Waals surface area contributed by atoms with Gasteiger partial charge in [-0.05, 0) is 31.9 Å². The van der Waals surface area contributed by atoms with Crippen molar-refractivity contribution in [2.45, 2.75) is 45.1 Å². The van der Waals surface area contributed by atoms with Crippen molar-refractivity contribution >= 4 is 17.6 Å². The number of amides is 1. The van der Waals surface area contributed by atoms with E-state index < -0.39 is 5.97 Å². The van der Waals surface area contributed by atoms with Crippen LogP contribution in [0.4, 0.5) is 5.69 Å². The summed E-state index contributed by atoms with van der Waals surface area (Å²) >= 11 is 0. The average molecular weight is 346 g/mol. The highest BCUT2D eigenvalue weighted by atomic mass is 16.5. The van der Waals surface area contributed by atoms with E-state index in [9.17, 15) is 9.59 Å². The largest absolute Gasteiger partial charge is 0.492 e. The van der Waals surface area contributed by atoms with E-state index in [4.69, 9.17) is 4.74 Å². The first-order chi connectivity index (χ1) is 12.1. The van der Waals surface area contributed by atoms with Crippen molar-refractivity contribution in [1.82, 2.24) is 5.32 Å². The molecule has 0 heterocycles. The highest BCUT2D eigenvalue weighted by Crippen LogP contribution is 2.25. The summed E-state index contributed by atoms with van der Waals surface area (Å²) < 4.78 is 10.2. The molecule has 0 spiro atoms. The number of methoxy groups -OCH3 is 1. The number of carbonyl (C=O) groups excluding carboxylic acids is 2. The molecule has 1 amide bonds. The molecule has 0 radical (unpaired) electrons. The van der Waals surface area contributed by atoms with Gasteiger partial charge < -0.3 is 20.1 Å². The van der Waals surface area contributed by atoms with Gasteiger partial charge in [-0.15, -0.1) is 0 Å². The lowest BCUT2D eigenvalue weighted by Gasteiger charge is -2.23. The van der Waals surface area contributed by atoms with Crippen LogP contribution in [0.1, 0.15) is 39.0 Å². The number of anilines is 1. The second-order valence-corrected chi connectivity index (χ2v) is 5.94. The Morgan fingerprint density at radius 3 is 2.60 bits per heavy atom. The summed E-state index contributed by atoms with van der Waals surface area (Å²) in [5.41, 5.74) is 0.767. The predicted molar refractivity (Wildman–Crippen MR) is 96.3 cm³/mol. The molecule has 0 aromatic heterocycles. The van der Waals surface area contributed by atoms with Gasteiger partial charge in [-0.2, -0.15) is 0 Å². The first-order valence-electron chi connectivity index (χ1n) is 8.73. The summed E-state index contributed by atoms with van der Waals surface area (Å²) in [5, 5.41) is 6.01. The fourth-order valence-electron chi connectivity index (χ4n) is 2.84. The van der Waals surface area contributed by atoms with Crippen LogP contribution < -0.4 is 15.4 Å². The third-order valence-electron chi connectivity index (χ3n) is 4.10. The van der Waals surface area contributed by atoms with Crippen molar-refractivity contribution < 1.29 is 19.1 Å². The minimum Gasteiger partial charge on any atom is -0.492 e. The Bertz CT molecular complexity index is 622. The quantitative estimate of drug-likeness (QED) is 0.586. The normalized spacial score (nSPS) is 15.4. The second kappa shape index (κ2) is 9.71. The molecule has 1 saturated carbocycles. The molecular weight excluding hydrogens is 320 g/mol. The number of hydrogen-bond donors (Lipinski definition) is 2. The van der Waals surface area contributed by atoms with Gasteiger partial charge in [0.25, 0.3) is 5.91 Å². The van der Waals surface area contributed by atoms with Crippen LogP contribution in [-0.4, -0.2) is 31.6 Å². The molecule has 6 nitrogen and oxygen atoms in total. The number of nitrogens with one attached hydrogen (secondary N) is 2. The Morgan fingerprint density at radius 2 is 1.92 bits per heavy atom. The molecule has 0 atom stereocenters. The number of benzene rings is 1. The summed E-state index contributed by atoms with van der Waals surface area (Å²) in [4.78, 5) is 24.3. The highest BCUT2D eigenvalue weighted by Gasteiger charge is 2.20. The molecule has 1 fully saturated rings. The van der Waals surface area contributed by atoms with Gasteiger partial charge in [0.2, 0.25) is 0 Å². The van der Waals surface area contributed by atoms with Crippen molar-refractivity contribution in [2.75, 3.05) is 19.0 Å². The number of carbonyl (C=O) groups is 2. The molecule has 2 rings (SSSR count). The van der Waals surface area contributed by atoms with Crippen molar-refractivity contribution in [3.8, 4) is 5.75 Å². The zero-order valence-corrected chi connectivity index (χ0v) is 14.8. The Balaban J connectivity index is 2.17. The third-order valence-corrected chi connectivity index (χ3v) is 4.10. The number of esters is 1. The topological polar surface area (TPSA) is 76.7 Å². The van der Waals surface area contributed by atoms with Crippen LogP contribution in [0.15, 0.2) is 36.0 Å². The lowest BCUT2D eigenvalue weighted by Crippen LogP contribution is -2.38. The second-order valence-electron chi connectivity index (χ2n) is 5.94. The number of ether oxygens (including phenoxy) is 2. The molecule has 0 saturated heterocycles. The Labute approximate surface area is 148 Å². The van der Waals surface area contributed by atoms with Gasteiger partial charge in [0.05, 0.1) is 25.5 Å². The minimum absolute atomic E-state index is 0.143. The van der Waals surface area contributed by atoms with Gasteiger partial charge in [0.15, 0.2) is 0 Å². The molecule has 1 aliphatic rings. The first kappa shape index (κ1) is 18.8. The highest BCUT2D eigenvalue weighted by molar-refractivity contribution is 6.02. The fraction of sp³-hybridized carbons (Fsp3) is 0.474. The fourth-order valence-corrected chi connectivity index (χ4v) is 2.84. The van der Waals surface area contributed by atoms with E-state index in [-0.39, 0.29) is 17.6 Å². The van der Waals surface area contributed by atoms with Crippen LogP contribution >= 0.6 is 0 Å². The Kier molecular flexibility index (Phi) is 7.32. The van der Waals surface area contributed by atoms with Gasteiger partial charge in [-0.25, -0.2) is 4.79 Å². The van der Waals surface area contributed by atoms with Crippen LogP contribution in [0.3, 0.4) is 0 Å². The molecule has 2 N–H and O–H groups in total. The molecule has 1 aromatic rings. The predicted octanol–water partition coefficient (Wildman–Crippen LogP) is 3.00. The molecule has 25 heavy (non-hydrogen) atoms. The Hall–Kier alpha value is -2.50. The maximum Gasteiger partial charge on any atom is 0.332 e. The van der Waals surface area contributed by atoms with Crippen LogP contribution in [0.5, 0.6) is 5.75 Å². The summed E-state index contributed by atoms with van der Waals surface area (Å²) in [6, 6.07) is 7.43. The third kappa shape index (κ3) is 5.81. The number of para-hydroxylation sites is 2. The van der Waals surface area contributed by atoms with Crippen molar-refractivity contribution in [3.63, 3.8) is 0 Å². The van der Waals surface area contributed by atoms with Crippen LogP contribution in [-0.2, 0) is 14.3 Å². The molecule has 6 heteroatoms. The summed E-state index contributed by atoms with van der Waals surface area (Å²) in [7, 11) is 1.28. The molecule has 1 aliphatic carbocycles. The Morgan fingerprint density at radius 1 is 1.20 bits per heavy atom.